The first-order valence-corrected chi connectivity index (χ1v) is 8.83. The summed E-state index contributed by atoms with van der Waals surface area (Å²) in [6.45, 7) is 2.27. The maximum Gasteiger partial charge on any atom is 0.122 e. The monoisotopic (exact) mass is 270 g/mol. The van der Waals surface area contributed by atoms with Crippen LogP contribution >= 0.6 is 23.1 Å². The van der Waals surface area contributed by atoms with Gasteiger partial charge in [-0.25, -0.2) is 0 Å². The molecular weight excluding hydrogens is 246 g/mol. The van der Waals surface area contributed by atoms with Crippen molar-refractivity contribution in [2.45, 2.75) is 45.1 Å². The molecule has 17 heavy (non-hydrogen) atoms. The second-order valence-electron chi connectivity index (χ2n) is 4.97. The summed E-state index contributed by atoms with van der Waals surface area (Å²) in [5.74, 6) is 3.51. The van der Waals surface area contributed by atoms with Gasteiger partial charge in [-0.3, -0.25) is 0 Å². The van der Waals surface area contributed by atoms with Crippen molar-refractivity contribution in [1.29, 1.82) is 0 Å². The summed E-state index contributed by atoms with van der Waals surface area (Å²) in [6, 6.07) is 2.87. The van der Waals surface area contributed by atoms with Gasteiger partial charge in [0.1, 0.15) is 6.04 Å². The average molecular weight is 270 g/mol. The number of rotatable bonds is 5. The molecule has 0 bridgehead atoms. The van der Waals surface area contributed by atoms with Crippen LogP contribution in [0.2, 0.25) is 0 Å². The molecule has 1 atom stereocenters. The van der Waals surface area contributed by atoms with E-state index in [1.54, 1.807) is 10.4 Å². The Morgan fingerprint density at radius 3 is 2.88 bits per heavy atom. The highest BCUT2D eigenvalue weighted by Gasteiger charge is 2.27. The lowest BCUT2D eigenvalue weighted by molar-refractivity contribution is -0.439. The molecule has 1 nitrogen and oxygen atoms in total. The Morgan fingerprint density at radius 1 is 1.41 bits per heavy atom. The molecule has 0 spiro atoms. The van der Waals surface area contributed by atoms with E-state index < -0.39 is 0 Å². The van der Waals surface area contributed by atoms with Crippen molar-refractivity contribution in [1.82, 2.24) is 0 Å². The van der Waals surface area contributed by atoms with E-state index in [1.165, 1.54) is 43.6 Å². The van der Waals surface area contributed by atoms with Gasteiger partial charge in [0.2, 0.25) is 0 Å². The van der Waals surface area contributed by atoms with Crippen molar-refractivity contribution in [3.63, 3.8) is 0 Å². The molecule has 0 aromatic carbocycles. The smallest absolute Gasteiger partial charge is 0.122 e. The van der Waals surface area contributed by atoms with Gasteiger partial charge in [0.05, 0.1) is 4.88 Å². The third-order valence-corrected chi connectivity index (χ3v) is 5.89. The Balaban J connectivity index is 2.01. The van der Waals surface area contributed by atoms with Crippen molar-refractivity contribution < 1.29 is 5.73 Å². The van der Waals surface area contributed by atoms with Crippen LogP contribution in [-0.4, -0.2) is 11.5 Å². The van der Waals surface area contributed by atoms with Gasteiger partial charge in [0.25, 0.3) is 0 Å². The molecule has 2 rings (SSSR count). The summed E-state index contributed by atoms with van der Waals surface area (Å²) in [6.07, 6.45) is 6.59. The van der Waals surface area contributed by atoms with Crippen molar-refractivity contribution in [3.8, 4) is 0 Å². The normalized spacial score (nSPS) is 19.4. The van der Waals surface area contributed by atoms with E-state index in [9.17, 15) is 0 Å². The number of quaternary nitrogens is 1. The molecule has 0 radical (unpaired) electrons. The first-order chi connectivity index (χ1) is 8.33. The average Bonchev–Trinajstić information content (AvgIpc) is 2.84. The number of aryl methyl sites for hydroxylation is 1. The van der Waals surface area contributed by atoms with Crippen LogP contribution in [-0.2, 0) is 6.42 Å². The molecule has 1 saturated heterocycles. The summed E-state index contributed by atoms with van der Waals surface area (Å²) in [4.78, 5) is 1.58. The van der Waals surface area contributed by atoms with Gasteiger partial charge >= 0.3 is 0 Å². The lowest BCUT2D eigenvalue weighted by atomic mass is 9.91. The Kier molecular flexibility index (Phi) is 5.39. The van der Waals surface area contributed by atoms with Crippen molar-refractivity contribution in [2.75, 3.05) is 11.5 Å². The maximum absolute atomic E-state index is 4.47. The van der Waals surface area contributed by atoms with Gasteiger partial charge < -0.3 is 5.73 Å². The van der Waals surface area contributed by atoms with Gasteiger partial charge in [-0.15, -0.1) is 11.3 Å². The van der Waals surface area contributed by atoms with Crippen LogP contribution in [0.3, 0.4) is 0 Å². The van der Waals surface area contributed by atoms with E-state index in [0.29, 0.717) is 6.04 Å². The molecule has 2 heterocycles. The quantitative estimate of drug-likeness (QED) is 0.871. The van der Waals surface area contributed by atoms with Crippen molar-refractivity contribution in [3.05, 3.63) is 21.9 Å². The summed E-state index contributed by atoms with van der Waals surface area (Å²) >= 11 is 4.04. The van der Waals surface area contributed by atoms with E-state index in [-0.39, 0.29) is 0 Å². The molecule has 1 aromatic heterocycles. The predicted octanol–water partition coefficient (Wildman–Crippen LogP) is 3.52. The fourth-order valence-electron chi connectivity index (χ4n) is 2.58. The molecule has 1 fully saturated rings. The van der Waals surface area contributed by atoms with Crippen LogP contribution in [0.25, 0.3) is 0 Å². The number of hydrogen-bond acceptors (Lipinski definition) is 2. The number of thiophene rings is 1. The van der Waals surface area contributed by atoms with Gasteiger partial charge in [-0.1, -0.05) is 13.3 Å². The molecule has 3 N–H and O–H groups in total. The minimum Gasteiger partial charge on any atom is -0.350 e. The Hall–Kier alpha value is 0.01000. The summed E-state index contributed by atoms with van der Waals surface area (Å²) in [7, 11) is 0. The topological polar surface area (TPSA) is 27.6 Å². The highest BCUT2D eigenvalue weighted by atomic mass is 32.2. The fourth-order valence-corrected chi connectivity index (χ4v) is 4.79. The van der Waals surface area contributed by atoms with Crippen LogP contribution in [0, 0.1) is 5.92 Å². The molecule has 96 valence electrons. The van der Waals surface area contributed by atoms with Crippen molar-refractivity contribution in [2.24, 2.45) is 5.92 Å². The first kappa shape index (κ1) is 13.4. The van der Waals surface area contributed by atoms with E-state index in [0.717, 1.165) is 5.92 Å². The van der Waals surface area contributed by atoms with Gasteiger partial charge in [-0.2, -0.15) is 11.8 Å². The molecule has 1 aromatic rings. The number of unbranched alkanes of at least 4 members (excludes halogenated alkanes) is 1. The van der Waals surface area contributed by atoms with Crippen LogP contribution in [0.15, 0.2) is 11.4 Å². The van der Waals surface area contributed by atoms with Crippen molar-refractivity contribution >= 4 is 23.1 Å². The third kappa shape index (κ3) is 3.49. The zero-order valence-electron chi connectivity index (χ0n) is 10.8. The number of hydrogen-bond donors (Lipinski definition) is 1. The maximum atomic E-state index is 4.47. The molecule has 3 heteroatoms. The van der Waals surface area contributed by atoms with Crippen LogP contribution in [0.4, 0.5) is 0 Å². The lowest BCUT2D eigenvalue weighted by Gasteiger charge is -2.24. The molecule has 1 aliphatic rings. The van der Waals surface area contributed by atoms with Gasteiger partial charge in [0.15, 0.2) is 0 Å². The van der Waals surface area contributed by atoms with E-state index in [4.69, 9.17) is 0 Å². The lowest BCUT2D eigenvalue weighted by Crippen LogP contribution is -2.57. The minimum atomic E-state index is 0.544. The summed E-state index contributed by atoms with van der Waals surface area (Å²) in [5, 5.41) is 2.26. The second-order valence-corrected chi connectivity index (χ2v) is 7.14. The molecule has 0 amide bonds. The Bertz CT molecular complexity index is 329. The highest BCUT2D eigenvalue weighted by Crippen LogP contribution is 2.34. The van der Waals surface area contributed by atoms with E-state index in [1.807, 2.05) is 11.3 Å². The second kappa shape index (κ2) is 6.81. The molecule has 1 aliphatic heterocycles. The highest BCUT2D eigenvalue weighted by molar-refractivity contribution is 7.99. The third-order valence-electron chi connectivity index (χ3n) is 3.75. The first-order valence-electron chi connectivity index (χ1n) is 6.80. The zero-order chi connectivity index (χ0) is 12.1. The molecular formula is C14H24NS2+. The summed E-state index contributed by atoms with van der Waals surface area (Å²) < 4.78 is 0. The zero-order valence-corrected chi connectivity index (χ0v) is 12.4. The molecule has 0 aliphatic carbocycles. The van der Waals surface area contributed by atoms with Crippen LogP contribution < -0.4 is 5.73 Å². The minimum absolute atomic E-state index is 0.544. The number of thioether (sulfide) groups is 1. The fraction of sp³-hybridized carbons (Fsp3) is 0.714. The molecule has 0 saturated carbocycles. The SMILES string of the molecule is CCCCc1ccsc1C([NH3+])C1CCSCC1. The predicted molar refractivity (Wildman–Crippen MR) is 78.6 cm³/mol. The summed E-state index contributed by atoms with van der Waals surface area (Å²) in [5.41, 5.74) is 6.05. The Labute approximate surface area is 113 Å². The van der Waals surface area contributed by atoms with E-state index in [2.05, 4.69) is 35.9 Å². The van der Waals surface area contributed by atoms with E-state index >= 15 is 0 Å². The van der Waals surface area contributed by atoms with Crippen LogP contribution in [0.1, 0.15) is 49.1 Å². The largest absolute Gasteiger partial charge is 0.350 e. The van der Waals surface area contributed by atoms with Gasteiger partial charge in [-0.05, 0) is 54.2 Å². The van der Waals surface area contributed by atoms with Crippen LogP contribution in [0.5, 0.6) is 0 Å². The molecule has 1 unspecified atom stereocenters. The Morgan fingerprint density at radius 2 is 2.18 bits per heavy atom. The van der Waals surface area contributed by atoms with Gasteiger partial charge in [0, 0.05) is 5.92 Å². The standard InChI is InChI=1S/C14H23NS2/c1-2-3-4-12-7-10-17-14(12)13(15)11-5-8-16-9-6-11/h7,10-11,13H,2-6,8-9,15H2,1H3/p+1.